The van der Waals surface area contributed by atoms with Crippen LogP contribution in [-0.2, 0) is 0 Å². The van der Waals surface area contributed by atoms with Crippen LogP contribution < -0.4 is 0 Å². The molecule has 0 aliphatic heterocycles. The van der Waals surface area contributed by atoms with E-state index >= 15 is 0 Å². The number of benzene rings is 9. The molecule has 6 heteroatoms. The topological polar surface area (TPSA) is 77.8 Å². The summed E-state index contributed by atoms with van der Waals surface area (Å²) in [6, 6.07) is 78.1. The van der Waals surface area contributed by atoms with Crippen molar-refractivity contribution >= 4 is 65.7 Å². The van der Waals surface area contributed by atoms with Crippen molar-refractivity contribution in [2.45, 2.75) is 0 Å². The Kier molecular flexibility index (Phi) is 9.10. The van der Waals surface area contributed by atoms with Gasteiger partial charge in [0.2, 0.25) is 0 Å². The smallest absolute Gasteiger partial charge is 0.160 e. The van der Waals surface area contributed by atoms with Crippen LogP contribution in [0.2, 0.25) is 0 Å². The number of nitrogens with zero attached hydrogens (tertiary/aromatic N) is 4. The lowest BCUT2D eigenvalue weighted by molar-refractivity contribution is 0.669. The summed E-state index contributed by atoms with van der Waals surface area (Å²) < 4.78 is 13.1. The zero-order valence-electron chi connectivity index (χ0n) is 37.5. The van der Waals surface area contributed by atoms with Crippen LogP contribution in [0.25, 0.3) is 144 Å². The summed E-state index contributed by atoms with van der Waals surface area (Å²) in [5.41, 5.74) is 17.7. The van der Waals surface area contributed by atoms with Gasteiger partial charge >= 0.3 is 0 Å². The Morgan fingerprint density at radius 1 is 0.286 bits per heavy atom. The van der Waals surface area contributed by atoms with Crippen LogP contribution in [0.4, 0.5) is 0 Å². The lowest BCUT2D eigenvalue weighted by Crippen LogP contribution is -1.98. The first-order valence-electron chi connectivity index (χ1n) is 23.4. The second-order valence-corrected chi connectivity index (χ2v) is 17.8. The van der Waals surface area contributed by atoms with Crippen LogP contribution in [0.3, 0.4) is 0 Å². The van der Waals surface area contributed by atoms with Crippen molar-refractivity contribution in [3.63, 3.8) is 0 Å². The molecule has 0 atom stereocenters. The van der Waals surface area contributed by atoms with E-state index in [1.807, 2.05) is 60.8 Å². The summed E-state index contributed by atoms with van der Waals surface area (Å²) in [6.07, 6.45) is 1.82. The lowest BCUT2D eigenvalue weighted by atomic mass is 9.91. The van der Waals surface area contributed by atoms with Crippen LogP contribution in [-0.4, -0.2) is 19.9 Å². The zero-order valence-corrected chi connectivity index (χ0v) is 37.5. The molecular weight excluding hydrogens is 857 g/mol. The molecule has 0 N–H and O–H groups in total. The Morgan fingerprint density at radius 2 is 0.786 bits per heavy atom. The van der Waals surface area contributed by atoms with Gasteiger partial charge in [0.1, 0.15) is 22.3 Å². The molecule has 0 aliphatic rings. The second-order valence-electron chi connectivity index (χ2n) is 17.8. The van der Waals surface area contributed by atoms with Gasteiger partial charge in [0, 0.05) is 60.8 Å². The van der Waals surface area contributed by atoms with Crippen molar-refractivity contribution in [2.75, 3.05) is 0 Å². The fraction of sp³-hybridized carbons (Fsp3) is 0. The average molecular weight is 895 g/mol. The van der Waals surface area contributed by atoms with Gasteiger partial charge in [-0.05, 0) is 94.0 Å². The first-order chi connectivity index (χ1) is 34.6. The largest absolute Gasteiger partial charge is 0.455 e. The van der Waals surface area contributed by atoms with Gasteiger partial charge < -0.3 is 8.83 Å². The van der Waals surface area contributed by atoms with Gasteiger partial charge in [-0.3, -0.25) is 4.98 Å². The molecule has 0 aliphatic carbocycles. The molecule has 5 heterocycles. The maximum atomic E-state index is 6.54. The van der Waals surface area contributed by atoms with Crippen LogP contribution in [0.5, 0.6) is 0 Å². The van der Waals surface area contributed by atoms with Gasteiger partial charge in [0.05, 0.1) is 28.1 Å². The maximum Gasteiger partial charge on any atom is 0.160 e. The summed E-state index contributed by atoms with van der Waals surface area (Å²) in [5, 5.41) is 6.46. The Labute approximate surface area is 401 Å². The summed E-state index contributed by atoms with van der Waals surface area (Å²) >= 11 is 0. The van der Waals surface area contributed by atoms with Crippen molar-refractivity contribution in [1.29, 1.82) is 0 Å². The molecule has 326 valence electrons. The monoisotopic (exact) mass is 894 g/mol. The number of hydrogen-bond acceptors (Lipinski definition) is 6. The second kappa shape index (κ2) is 16.1. The van der Waals surface area contributed by atoms with Crippen molar-refractivity contribution in [3.05, 3.63) is 231 Å². The molecular formula is C64H38N4O2. The number of hydrogen-bond donors (Lipinski definition) is 0. The van der Waals surface area contributed by atoms with Crippen molar-refractivity contribution < 1.29 is 8.83 Å². The van der Waals surface area contributed by atoms with Crippen LogP contribution in [0.15, 0.2) is 239 Å². The van der Waals surface area contributed by atoms with Crippen molar-refractivity contribution in [2.24, 2.45) is 0 Å². The van der Waals surface area contributed by atoms with Gasteiger partial charge in [-0.1, -0.05) is 164 Å². The number of aromatic nitrogens is 4. The van der Waals surface area contributed by atoms with E-state index in [0.717, 1.165) is 133 Å². The van der Waals surface area contributed by atoms with E-state index in [2.05, 4.69) is 170 Å². The maximum absolute atomic E-state index is 6.54. The van der Waals surface area contributed by atoms with Crippen LogP contribution in [0.1, 0.15) is 0 Å². The van der Waals surface area contributed by atoms with Gasteiger partial charge in [-0.2, -0.15) is 0 Å². The minimum Gasteiger partial charge on any atom is -0.455 e. The molecule has 0 saturated carbocycles. The van der Waals surface area contributed by atoms with Crippen molar-refractivity contribution in [1.82, 2.24) is 19.9 Å². The molecule has 0 fully saturated rings. The molecule has 0 bridgehead atoms. The van der Waals surface area contributed by atoms with E-state index in [0.29, 0.717) is 11.5 Å². The molecule has 0 amide bonds. The number of rotatable bonds is 7. The molecule has 9 aromatic carbocycles. The molecule has 14 rings (SSSR count). The highest BCUT2D eigenvalue weighted by Gasteiger charge is 2.18. The van der Waals surface area contributed by atoms with E-state index < -0.39 is 0 Å². The molecule has 0 radical (unpaired) electrons. The quantitative estimate of drug-likeness (QED) is 0.148. The normalized spacial score (nSPS) is 11.7. The third-order valence-electron chi connectivity index (χ3n) is 13.5. The Morgan fingerprint density at radius 3 is 1.44 bits per heavy atom. The van der Waals surface area contributed by atoms with Gasteiger partial charge in [-0.25, -0.2) is 15.0 Å². The van der Waals surface area contributed by atoms with E-state index in [1.165, 1.54) is 0 Å². The SMILES string of the molecule is c1ccc(-c2nc(-c3cc(-c4cccc(-c5cccc6c5oc5ccccc56)c4)cc(-c4cccc(-c5cccc6c5oc5ccccc56)c4)c3)cc(-c3ccc4ccc5cccnc5c4n3)n2)cc1. The highest BCUT2D eigenvalue weighted by molar-refractivity contribution is 6.11. The fourth-order valence-electron chi connectivity index (χ4n) is 10.1. The van der Waals surface area contributed by atoms with E-state index in [4.69, 9.17) is 28.8 Å². The average Bonchev–Trinajstić information content (AvgIpc) is 4.02. The third-order valence-corrected chi connectivity index (χ3v) is 13.5. The molecule has 70 heavy (non-hydrogen) atoms. The Balaban J connectivity index is 0.970. The van der Waals surface area contributed by atoms with Crippen LogP contribution in [0, 0.1) is 0 Å². The first kappa shape index (κ1) is 39.6. The third kappa shape index (κ3) is 6.73. The predicted octanol–water partition coefficient (Wildman–Crippen LogP) is 17.0. The van der Waals surface area contributed by atoms with Crippen LogP contribution >= 0.6 is 0 Å². The molecule has 0 saturated heterocycles. The predicted molar refractivity (Wildman–Crippen MR) is 285 cm³/mol. The van der Waals surface area contributed by atoms with Gasteiger partial charge in [-0.15, -0.1) is 0 Å². The highest BCUT2D eigenvalue weighted by Crippen LogP contribution is 2.41. The molecule has 0 spiro atoms. The zero-order chi connectivity index (χ0) is 46.1. The summed E-state index contributed by atoms with van der Waals surface area (Å²) in [6.45, 7) is 0. The Bertz CT molecular complexity index is 4200. The number of para-hydroxylation sites is 4. The summed E-state index contributed by atoms with van der Waals surface area (Å²) in [4.78, 5) is 20.6. The minimum absolute atomic E-state index is 0.611. The summed E-state index contributed by atoms with van der Waals surface area (Å²) in [5.74, 6) is 0.611. The van der Waals surface area contributed by atoms with Gasteiger partial charge in [0.25, 0.3) is 0 Å². The Hall–Kier alpha value is -9.52. The molecule has 5 aromatic heterocycles. The summed E-state index contributed by atoms with van der Waals surface area (Å²) in [7, 11) is 0. The van der Waals surface area contributed by atoms with Crippen molar-refractivity contribution in [3.8, 4) is 78.5 Å². The minimum atomic E-state index is 0.611. The standard InChI is InChI=1S/C64H38N4O2/c1-2-13-41(14-3-1)64-67-56(38-57(68-64)55-31-30-40-29-28-39-19-12-32-65-60(39)61(40)66-55)48-36-46(42-15-8-17-44(33-42)49-22-10-24-53-51-20-4-6-26-58(51)69-62(49)53)35-47(37-48)43-16-9-18-45(34-43)50-23-11-25-54-52-21-5-7-27-59(52)70-63(50)54/h1-38H. The number of fused-ring (bicyclic) bond motifs is 9. The highest BCUT2D eigenvalue weighted by atomic mass is 16.3. The first-order valence-corrected chi connectivity index (χ1v) is 23.4. The number of pyridine rings is 2. The fourth-order valence-corrected chi connectivity index (χ4v) is 10.1. The van der Waals surface area contributed by atoms with E-state index in [1.54, 1.807) is 0 Å². The molecule has 6 nitrogen and oxygen atoms in total. The lowest BCUT2D eigenvalue weighted by Gasteiger charge is -2.14. The van der Waals surface area contributed by atoms with E-state index in [-0.39, 0.29) is 0 Å². The molecule has 0 unspecified atom stereocenters. The van der Waals surface area contributed by atoms with E-state index in [9.17, 15) is 0 Å². The van der Waals surface area contributed by atoms with Gasteiger partial charge in [0.15, 0.2) is 5.82 Å². The molecule has 14 aromatic rings. The number of furan rings is 2.